The van der Waals surface area contributed by atoms with Gasteiger partial charge in [-0.3, -0.25) is 4.79 Å². The lowest BCUT2D eigenvalue weighted by molar-refractivity contribution is 0.102. The Hall–Kier alpha value is -2.57. The van der Waals surface area contributed by atoms with Crippen LogP contribution in [0, 0.1) is 11.6 Å². The molecule has 1 aromatic carbocycles. The van der Waals surface area contributed by atoms with Gasteiger partial charge in [0, 0.05) is 25.2 Å². The van der Waals surface area contributed by atoms with E-state index in [0.717, 1.165) is 44.1 Å². The second-order valence-electron chi connectivity index (χ2n) is 5.03. The molecule has 1 aliphatic heterocycles. The number of carbonyl (C=O) groups excluding carboxylic acids is 1. The van der Waals surface area contributed by atoms with Gasteiger partial charge in [-0.05, 0) is 25.0 Å². The highest BCUT2D eigenvalue weighted by Crippen LogP contribution is 2.19. The van der Waals surface area contributed by atoms with E-state index in [4.69, 9.17) is 0 Å². The summed E-state index contributed by atoms with van der Waals surface area (Å²) in [6, 6.07) is 4.43. The molecule has 0 aliphatic carbocycles. The highest BCUT2D eigenvalue weighted by Gasteiger charge is 2.17. The first-order valence-corrected chi connectivity index (χ1v) is 6.97. The molecule has 22 heavy (non-hydrogen) atoms. The van der Waals surface area contributed by atoms with E-state index in [0.29, 0.717) is 5.82 Å². The Labute approximate surface area is 126 Å². The summed E-state index contributed by atoms with van der Waals surface area (Å²) in [7, 11) is 0. The molecular weight excluding hydrogens is 290 g/mol. The Bertz CT molecular complexity index is 702. The maximum atomic E-state index is 13.5. The molecule has 1 aromatic heterocycles. The van der Waals surface area contributed by atoms with Crippen molar-refractivity contribution in [2.45, 2.75) is 12.8 Å². The Morgan fingerprint density at radius 1 is 1.14 bits per heavy atom. The number of carbonyl (C=O) groups is 1. The average molecular weight is 304 g/mol. The summed E-state index contributed by atoms with van der Waals surface area (Å²) < 4.78 is 26.7. The summed E-state index contributed by atoms with van der Waals surface area (Å²) in [5.74, 6) is -1.27. The van der Waals surface area contributed by atoms with Crippen LogP contribution in [0.15, 0.2) is 30.6 Å². The van der Waals surface area contributed by atoms with Gasteiger partial charge in [0.2, 0.25) is 0 Å². The number of nitrogens with zero attached hydrogens (tertiary/aromatic N) is 3. The summed E-state index contributed by atoms with van der Waals surface area (Å²) in [6.45, 7) is 1.77. The van der Waals surface area contributed by atoms with Crippen molar-refractivity contribution in [3.8, 4) is 0 Å². The van der Waals surface area contributed by atoms with Gasteiger partial charge in [-0.1, -0.05) is 0 Å². The lowest BCUT2D eigenvalue weighted by Crippen LogP contribution is -2.21. The van der Waals surface area contributed by atoms with Crippen molar-refractivity contribution in [3.05, 3.63) is 47.9 Å². The topological polar surface area (TPSA) is 58.1 Å². The molecule has 1 N–H and O–H groups in total. The Balaban J connectivity index is 1.80. The minimum atomic E-state index is -0.705. The van der Waals surface area contributed by atoms with Crippen molar-refractivity contribution in [1.29, 1.82) is 0 Å². The van der Waals surface area contributed by atoms with E-state index >= 15 is 0 Å². The molecule has 1 fully saturated rings. The quantitative estimate of drug-likeness (QED) is 0.947. The third kappa shape index (κ3) is 3.03. The summed E-state index contributed by atoms with van der Waals surface area (Å²) in [6.07, 6.45) is 3.46. The minimum absolute atomic E-state index is 0.112. The number of halogens is 2. The lowest BCUT2D eigenvalue weighted by atomic mass is 10.2. The predicted molar refractivity (Wildman–Crippen MR) is 77.8 cm³/mol. The zero-order chi connectivity index (χ0) is 15.5. The van der Waals surface area contributed by atoms with E-state index in [2.05, 4.69) is 20.2 Å². The zero-order valence-electron chi connectivity index (χ0n) is 11.7. The molecule has 2 heterocycles. The van der Waals surface area contributed by atoms with E-state index in [1.54, 1.807) is 6.07 Å². The molecule has 0 unspecified atom stereocenters. The van der Waals surface area contributed by atoms with Crippen LogP contribution in [-0.2, 0) is 0 Å². The van der Waals surface area contributed by atoms with Gasteiger partial charge in [-0.2, -0.15) is 0 Å². The minimum Gasteiger partial charge on any atom is -0.357 e. The molecule has 5 nitrogen and oxygen atoms in total. The van der Waals surface area contributed by atoms with Gasteiger partial charge in [-0.15, -0.1) is 0 Å². The first-order chi connectivity index (χ1) is 10.6. The maximum Gasteiger partial charge on any atom is 0.274 e. The fourth-order valence-corrected chi connectivity index (χ4v) is 2.37. The molecule has 1 amide bonds. The number of aromatic nitrogens is 2. The normalized spacial score (nSPS) is 14.2. The van der Waals surface area contributed by atoms with Crippen LogP contribution >= 0.6 is 0 Å². The molecule has 2 aromatic rings. The predicted octanol–water partition coefficient (Wildman–Crippen LogP) is 2.61. The molecule has 0 radical (unpaired) electrons. The van der Waals surface area contributed by atoms with Crippen molar-refractivity contribution in [1.82, 2.24) is 9.97 Å². The van der Waals surface area contributed by atoms with Crippen LogP contribution < -0.4 is 10.2 Å². The third-order valence-electron chi connectivity index (χ3n) is 3.49. The van der Waals surface area contributed by atoms with E-state index in [1.165, 1.54) is 6.33 Å². The Kier molecular flexibility index (Phi) is 3.95. The Morgan fingerprint density at radius 2 is 1.91 bits per heavy atom. The highest BCUT2D eigenvalue weighted by atomic mass is 19.1. The summed E-state index contributed by atoms with van der Waals surface area (Å²) >= 11 is 0. The molecular formula is C15H14F2N4O. The van der Waals surface area contributed by atoms with Gasteiger partial charge >= 0.3 is 0 Å². The number of nitrogens with one attached hydrogen (secondary N) is 1. The molecule has 0 spiro atoms. The number of amides is 1. The number of hydrogen-bond acceptors (Lipinski definition) is 4. The Morgan fingerprint density at radius 3 is 2.68 bits per heavy atom. The summed E-state index contributed by atoms with van der Waals surface area (Å²) in [5.41, 5.74) is -0.105. The number of hydrogen-bond donors (Lipinski definition) is 1. The molecule has 1 aliphatic rings. The van der Waals surface area contributed by atoms with Crippen LogP contribution in [0.25, 0.3) is 0 Å². The van der Waals surface area contributed by atoms with E-state index in [1.807, 2.05) is 0 Å². The van der Waals surface area contributed by atoms with Crippen molar-refractivity contribution in [2.75, 3.05) is 23.3 Å². The van der Waals surface area contributed by atoms with Crippen LogP contribution in [0.5, 0.6) is 0 Å². The second kappa shape index (κ2) is 6.05. The molecule has 7 heteroatoms. The van der Waals surface area contributed by atoms with Gasteiger partial charge in [0.1, 0.15) is 29.5 Å². The van der Waals surface area contributed by atoms with Crippen LogP contribution in [-0.4, -0.2) is 29.0 Å². The highest BCUT2D eigenvalue weighted by molar-refractivity contribution is 6.03. The van der Waals surface area contributed by atoms with E-state index < -0.39 is 17.5 Å². The summed E-state index contributed by atoms with van der Waals surface area (Å²) in [4.78, 5) is 22.2. The van der Waals surface area contributed by atoms with E-state index in [-0.39, 0.29) is 11.4 Å². The SMILES string of the molecule is O=C(Nc1cc(F)ccc1F)c1cc(N2CCCC2)ncn1. The zero-order valence-corrected chi connectivity index (χ0v) is 11.7. The van der Waals surface area contributed by atoms with Gasteiger partial charge < -0.3 is 10.2 Å². The van der Waals surface area contributed by atoms with Gasteiger partial charge in [0.25, 0.3) is 5.91 Å². The summed E-state index contributed by atoms with van der Waals surface area (Å²) in [5, 5.41) is 2.32. The third-order valence-corrected chi connectivity index (χ3v) is 3.49. The fourth-order valence-electron chi connectivity index (χ4n) is 2.37. The molecule has 0 bridgehead atoms. The largest absolute Gasteiger partial charge is 0.357 e. The number of rotatable bonds is 3. The molecule has 0 saturated carbocycles. The van der Waals surface area contributed by atoms with Crippen molar-refractivity contribution in [2.24, 2.45) is 0 Å². The van der Waals surface area contributed by atoms with Gasteiger partial charge in [0.05, 0.1) is 5.69 Å². The maximum absolute atomic E-state index is 13.5. The fraction of sp³-hybridized carbons (Fsp3) is 0.267. The second-order valence-corrected chi connectivity index (χ2v) is 5.03. The molecule has 1 saturated heterocycles. The van der Waals surface area contributed by atoms with E-state index in [9.17, 15) is 13.6 Å². The molecule has 114 valence electrons. The van der Waals surface area contributed by atoms with Crippen molar-refractivity contribution < 1.29 is 13.6 Å². The average Bonchev–Trinajstić information content (AvgIpc) is 3.05. The van der Waals surface area contributed by atoms with Crippen molar-refractivity contribution in [3.63, 3.8) is 0 Å². The van der Waals surface area contributed by atoms with Gasteiger partial charge in [-0.25, -0.2) is 18.7 Å². The van der Waals surface area contributed by atoms with Gasteiger partial charge in [0.15, 0.2) is 0 Å². The molecule has 3 rings (SSSR count). The van der Waals surface area contributed by atoms with Crippen LogP contribution in [0.4, 0.5) is 20.3 Å². The van der Waals surface area contributed by atoms with Crippen LogP contribution in [0.1, 0.15) is 23.3 Å². The molecule has 0 atom stereocenters. The van der Waals surface area contributed by atoms with Crippen molar-refractivity contribution >= 4 is 17.4 Å². The first kappa shape index (κ1) is 14.4. The standard InChI is InChI=1S/C15H14F2N4O/c16-10-3-4-11(17)12(7-10)20-15(22)13-8-14(19-9-18-13)21-5-1-2-6-21/h3-4,7-9H,1-2,5-6H2,(H,20,22). The first-order valence-electron chi connectivity index (χ1n) is 6.97. The van der Waals surface area contributed by atoms with Crippen LogP contribution in [0.3, 0.4) is 0 Å². The number of benzene rings is 1. The number of anilines is 2. The lowest BCUT2D eigenvalue weighted by Gasteiger charge is -2.16. The monoisotopic (exact) mass is 304 g/mol. The van der Waals surface area contributed by atoms with Crippen LogP contribution in [0.2, 0.25) is 0 Å². The smallest absolute Gasteiger partial charge is 0.274 e.